The molecule has 0 fully saturated rings. The van der Waals surface area contributed by atoms with Gasteiger partial charge in [-0.15, -0.1) is 0 Å². The van der Waals surface area contributed by atoms with Crippen LogP contribution in [-0.2, 0) is 0 Å². The van der Waals surface area contributed by atoms with Crippen molar-refractivity contribution >= 4 is 16.7 Å². The van der Waals surface area contributed by atoms with Gasteiger partial charge in [0.15, 0.2) is 0 Å². The minimum Gasteiger partial charge on any atom is -0.459 e. The van der Waals surface area contributed by atoms with Gasteiger partial charge in [-0.25, -0.2) is 0 Å². The van der Waals surface area contributed by atoms with Gasteiger partial charge in [-0.2, -0.15) is 0 Å². The molecular weight excluding hydrogens is 246 g/mol. The van der Waals surface area contributed by atoms with Crippen molar-refractivity contribution < 1.29 is 4.42 Å². The highest BCUT2D eigenvalue weighted by molar-refractivity contribution is 5.82. The number of aryl methyl sites for hydroxylation is 2. The van der Waals surface area contributed by atoms with Crippen LogP contribution in [0.3, 0.4) is 0 Å². The summed E-state index contributed by atoms with van der Waals surface area (Å²) in [5.74, 6) is 1.01. The largest absolute Gasteiger partial charge is 0.459 e. The maximum atomic E-state index is 6.01. The molecule has 1 aromatic heterocycles. The fourth-order valence-electron chi connectivity index (χ4n) is 2.64. The van der Waals surface area contributed by atoms with Crippen LogP contribution in [-0.4, -0.2) is 0 Å². The lowest BCUT2D eigenvalue weighted by Crippen LogP contribution is -2.07. The van der Waals surface area contributed by atoms with Gasteiger partial charge in [-0.05, 0) is 38.5 Å². The quantitative estimate of drug-likeness (QED) is 0.702. The van der Waals surface area contributed by atoms with Crippen molar-refractivity contribution in [3.63, 3.8) is 0 Å². The molecule has 0 aliphatic carbocycles. The van der Waals surface area contributed by atoms with Crippen molar-refractivity contribution in [2.75, 3.05) is 5.32 Å². The number of hydrogen-bond donors (Lipinski definition) is 1. The SMILES string of the molecule is Cc1ccccc1NC(C)c1oc2ccccc2c1C. The predicted octanol–water partition coefficient (Wildman–Crippen LogP) is 5.22. The number of anilines is 1. The molecule has 20 heavy (non-hydrogen) atoms. The van der Waals surface area contributed by atoms with Crippen molar-refractivity contribution in [3.8, 4) is 0 Å². The smallest absolute Gasteiger partial charge is 0.134 e. The van der Waals surface area contributed by atoms with E-state index in [1.807, 2.05) is 24.3 Å². The van der Waals surface area contributed by atoms with Gasteiger partial charge >= 0.3 is 0 Å². The van der Waals surface area contributed by atoms with E-state index in [0.717, 1.165) is 17.0 Å². The standard InChI is InChI=1S/C18H19NO/c1-12-8-4-6-10-16(12)19-14(3)18-13(2)15-9-5-7-11-17(15)20-18/h4-11,14,19H,1-3H3. The van der Waals surface area contributed by atoms with Gasteiger partial charge in [0.1, 0.15) is 11.3 Å². The number of hydrogen-bond acceptors (Lipinski definition) is 2. The summed E-state index contributed by atoms with van der Waals surface area (Å²) in [4.78, 5) is 0. The molecule has 1 heterocycles. The van der Waals surface area contributed by atoms with E-state index in [1.54, 1.807) is 0 Å². The Hall–Kier alpha value is -2.22. The van der Waals surface area contributed by atoms with Crippen molar-refractivity contribution in [1.29, 1.82) is 0 Å². The average molecular weight is 265 g/mol. The van der Waals surface area contributed by atoms with Gasteiger partial charge in [0.2, 0.25) is 0 Å². The van der Waals surface area contributed by atoms with Crippen LogP contribution in [0.1, 0.15) is 29.9 Å². The highest BCUT2D eigenvalue weighted by Crippen LogP contribution is 2.31. The minimum absolute atomic E-state index is 0.142. The first-order valence-corrected chi connectivity index (χ1v) is 6.97. The van der Waals surface area contributed by atoms with Gasteiger partial charge in [-0.1, -0.05) is 36.4 Å². The summed E-state index contributed by atoms with van der Waals surface area (Å²) in [5.41, 5.74) is 4.57. The van der Waals surface area contributed by atoms with E-state index in [1.165, 1.54) is 16.5 Å². The van der Waals surface area contributed by atoms with Crippen LogP contribution < -0.4 is 5.32 Å². The fraction of sp³-hybridized carbons (Fsp3) is 0.222. The maximum Gasteiger partial charge on any atom is 0.134 e. The van der Waals surface area contributed by atoms with Gasteiger partial charge in [-0.3, -0.25) is 0 Å². The Balaban J connectivity index is 1.95. The predicted molar refractivity (Wildman–Crippen MR) is 84.2 cm³/mol. The van der Waals surface area contributed by atoms with E-state index in [2.05, 4.69) is 50.4 Å². The van der Waals surface area contributed by atoms with Crippen molar-refractivity contribution in [1.82, 2.24) is 0 Å². The second-order valence-corrected chi connectivity index (χ2v) is 5.27. The monoisotopic (exact) mass is 265 g/mol. The summed E-state index contributed by atoms with van der Waals surface area (Å²) in [7, 11) is 0. The molecule has 1 N–H and O–H groups in total. The molecule has 1 unspecified atom stereocenters. The molecule has 3 rings (SSSR count). The fourth-order valence-corrected chi connectivity index (χ4v) is 2.64. The highest BCUT2D eigenvalue weighted by atomic mass is 16.3. The number of fused-ring (bicyclic) bond motifs is 1. The molecule has 2 aromatic carbocycles. The Labute approximate surface area is 119 Å². The molecule has 2 nitrogen and oxygen atoms in total. The summed E-state index contributed by atoms with van der Waals surface area (Å²) in [6.45, 7) is 6.37. The number of rotatable bonds is 3. The van der Waals surface area contributed by atoms with Crippen molar-refractivity contribution in [2.45, 2.75) is 26.8 Å². The third kappa shape index (κ3) is 2.18. The molecule has 2 heteroatoms. The van der Waals surface area contributed by atoms with Crippen LogP contribution in [0.25, 0.3) is 11.0 Å². The van der Waals surface area contributed by atoms with Gasteiger partial charge < -0.3 is 9.73 Å². The van der Waals surface area contributed by atoms with E-state index in [4.69, 9.17) is 4.42 Å². The van der Waals surface area contributed by atoms with Gasteiger partial charge in [0, 0.05) is 16.6 Å². The van der Waals surface area contributed by atoms with E-state index in [0.29, 0.717) is 0 Å². The van der Waals surface area contributed by atoms with Crippen LogP contribution in [0.4, 0.5) is 5.69 Å². The first-order valence-electron chi connectivity index (χ1n) is 6.97. The van der Waals surface area contributed by atoms with Crippen LogP contribution in [0, 0.1) is 13.8 Å². The Morgan fingerprint density at radius 3 is 2.40 bits per heavy atom. The average Bonchev–Trinajstić information content (AvgIpc) is 2.79. The Bertz CT molecular complexity index is 742. The van der Waals surface area contributed by atoms with Crippen molar-refractivity contribution in [3.05, 3.63) is 65.4 Å². The Morgan fingerprint density at radius 1 is 0.950 bits per heavy atom. The number of benzene rings is 2. The minimum atomic E-state index is 0.142. The van der Waals surface area contributed by atoms with Crippen LogP contribution in [0.2, 0.25) is 0 Å². The zero-order chi connectivity index (χ0) is 14.1. The zero-order valence-electron chi connectivity index (χ0n) is 12.1. The Morgan fingerprint density at radius 2 is 1.65 bits per heavy atom. The summed E-state index contributed by atoms with van der Waals surface area (Å²) in [6, 6.07) is 16.6. The summed E-state index contributed by atoms with van der Waals surface area (Å²) < 4.78 is 6.01. The maximum absolute atomic E-state index is 6.01. The van der Waals surface area contributed by atoms with Crippen LogP contribution in [0.5, 0.6) is 0 Å². The van der Waals surface area contributed by atoms with E-state index >= 15 is 0 Å². The molecule has 0 saturated carbocycles. The van der Waals surface area contributed by atoms with Crippen LogP contribution in [0.15, 0.2) is 52.9 Å². The molecule has 0 saturated heterocycles. The van der Waals surface area contributed by atoms with E-state index in [9.17, 15) is 0 Å². The molecule has 0 radical (unpaired) electrons. The van der Waals surface area contributed by atoms with E-state index < -0.39 is 0 Å². The zero-order valence-corrected chi connectivity index (χ0v) is 12.1. The Kier molecular flexibility index (Phi) is 3.23. The molecule has 0 spiro atoms. The molecule has 102 valence electrons. The topological polar surface area (TPSA) is 25.2 Å². The number of para-hydroxylation sites is 2. The normalized spacial score (nSPS) is 12.6. The third-order valence-electron chi connectivity index (χ3n) is 3.79. The molecule has 0 aliphatic heterocycles. The van der Waals surface area contributed by atoms with E-state index in [-0.39, 0.29) is 6.04 Å². The lowest BCUT2D eigenvalue weighted by molar-refractivity contribution is 0.522. The second kappa shape index (κ2) is 5.04. The molecule has 3 aromatic rings. The lowest BCUT2D eigenvalue weighted by Gasteiger charge is -2.15. The summed E-state index contributed by atoms with van der Waals surface area (Å²) >= 11 is 0. The third-order valence-corrected chi connectivity index (χ3v) is 3.79. The first kappa shape index (κ1) is 12.8. The van der Waals surface area contributed by atoms with Crippen LogP contribution >= 0.6 is 0 Å². The molecule has 0 bridgehead atoms. The number of nitrogens with one attached hydrogen (secondary N) is 1. The molecule has 0 aliphatic rings. The molecule has 1 atom stereocenters. The lowest BCUT2D eigenvalue weighted by atomic mass is 10.1. The van der Waals surface area contributed by atoms with Gasteiger partial charge in [0.05, 0.1) is 6.04 Å². The number of furan rings is 1. The van der Waals surface area contributed by atoms with Crippen molar-refractivity contribution in [2.24, 2.45) is 0 Å². The first-order chi connectivity index (χ1) is 9.66. The van der Waals surface area contributed by atoms with Gasteiger partial charge in [0.25, 0.3) is 0 Å². The summed E-state index contributed by atoms with van der Waals surface area (Å²) in [6.07, 6.45) is 0. The highest BCUT2D eigenvalue weighted by Gasteiger charge is 2.16. The summed E-state index contributed by atoms with van der Waals surface area (Å²) in [5, 5.41) is 4.73. The molecular formula is C18H19NO. The second-order valence-electron chi connectivity index (χ2n) is 5.27. The molecule has 0 amide bonds.